The van der Waals surface area contributed by atoms with Gasteiger partial charge in [-0.2, -0.15) is 0 Å². The quantitative estimate of drug-likeness (QED) is 0.652. The lowest BCUT2D eigenvalue weighted by Gasteiger charge is -2.23. The second kappa shape index (κ2) is 3.72. The summed E-state index contributed by atoms with van der Waals surface area (Å²) in [5.74, 6) is 0. The van der Waals surface area contributed by atoms with Crippen LogP contribution < -0.4 is 11.1 Å². The molecule has 1 atom stereocenters. The predicted octanol–water partition coefficient (Wildman–Crippen LogP) is 0.325. The average Bonchev–Trinajstić information content (AvgIpc) is 2.20. The van der Waals surface area contributed by atoms with E-state index in [2.05, 4.69) is 10.3 Å². The van der Waals surface area contributed by atoms with Gasteiger partial charge in [-0.1, -0.05) is 0 Å². The molecule has 70 valence electrons. The van der Waals surface area contributed by atoms with Crippen LogP contribution in [0.15, 0.2) is 18.3 Å². The highest BCUT2D eigenvalue weighted by atomic mass is 16.5. The number of hydrogen-bond donors (Lipinski definition) is 2. The van der Waals surface area contributed by atoms with Gasteiger partial charge in [0.1, 0.15) is 0 Å². The maximum Gasteiger partial charge on any atom is 0.0733 e. The first-order valence-electron chi connectivity index (χ1n) is 4.39. The minimum atomic E-state index is 0.217. The number of hydrogen-bond acceptors (Lipinski definition) is 4. The highest BCUT2D eigenvalue weighted by Gasteiger charge is 2.15. The van der Waals surface area contributed by atoms with Crippen LogP contribution in [0.3, 0.4) is 0 Å². The molecule has 1 aliphatic heterocycles. The smallest absolute Gasteiger partial charge is 0.0733 e. The fraction of sp³-hybridized carbons (Fsp3) is 0.444. The largest absolute Gasteiger partial charge is 0.397 e. The van der Waals surface area contributed by atoms with Crippen molar-refractivity contribution in [3.63, 3.8) is 0 Å². The molecule has 0 saturated carbocycles. The molecule has 4 nitrogen and oxygen atoms in total. The summed E-state index contributed by atoms with van der Waals surface area (Å²) in [7, 11) is 0. The van der Waals surface area contributed by atoms with Crippen molar-refractivity contribution in [1.82, 2.24) is 10.3 Å². The fourth-order valence-electron chi connectivity index (χ4n) is 1.38. The Morgan fingerprint density at radius 2 is 2.46 bits per heavy atom. The molecule has 1 fully saturated rings. The number of nitrogen functional groups attached to an aromatic ring is 1. The Bertz CT molecular complexity index is 267. The van der Waals surface area contributed by atoms with Crippen molar-refractivity contribution in [3.05, 3.63) is 24.0 Å². The third kappa shape index (κ3) is 1.96. The summed E-state index contributed by atoms with van der Waals surface area (Å²) >= 11 is 0. The highest BCUT2D eigenvalue weighted by molar-refractivity contribution is 5.35. The van der Waals surface area contributed by atoms with E-state index in [-0.39, 0.29) is 6.04 Å². The summed E-state index contributed by atoms with van der Waals surface area (Å²) in [6.07, 6.45) is 1.67. The zero-order valence-electron chi connectivity index (χ0n) is 7.36. The van der Waals surface area contributed by atoms with Gasteiger partial charge in [-0.15, -0.1) is 0 Å². The molecule has 2 rings (SSSR count). The van der Waals surface area contributed by atoms with E-state index in [4.69, 9.17) is 10.5 Å². The van der Waals surface area contributed by atoms with Gasteiger partial charge >= 0.3 is 0 Å². The number of nitrogens with zero attached hydrogens (tertiary/aromatic N) is 1. The van der Waals surface area contributed by atoms with Crippen LogP contribution in [0.5, 0.6) is 0 Å². The Morgan fingerprint density at radius 1 is 1.54 bits per heavy atom. The van der Waals surface area contributed by atoms with Crippen LogP contribution in [0, 0.1) is 0 Å². The van der Waals surface area contributed by atoms with Crippen LogP contribution in [0.25, 0.3) is 0 Å². The van der Waals surface area contributed by atoms with Crippen LogP contribution in [0.2, 0.25) is 0 Å². The van der Waals surface area contributed by atoms with Crippen LogP contribution in [-0.4, -0.2) is 24.7 Å². The van der Waals surface area contributed by atoms with E-state index >= 15 is 0 Å². The summed E-state index contributed by atoms with van der Waals surface area (Å²) in [5.41, 5.74) is 7.23. The lowest BCUT2D eigenvalue weighted by molar-refractivity contribution is 0.0756. The van der Waals surface area contributed by atoms with Gasteiger partial charge in [-0.3, -0.25) is 4.98 Å². The van der Waals surface area contributed by atoms with Gasteiger partial charge in [0.2, 0.25) is 0 Å². The molecule has 0 spiro atoms. The first kappa shape index (κ1) is 8.47. The molecule has 1 saturated heterocycles. The Kier molecular flexibility index (Phi) is 2.42. The third-order valence-corrected chi connectivity index (χ3v) is 2.09. The molecule has 0 radical (unpaired) electrons. The van der Waals surface area contributed by atoms with Crippen LogP contribution in [0.1, 0.15) is 11.7 Å². The molecule has 4 heteroatoms. The molecule has 1 aromatic rings. The van der Waals surface area contributed by atoms with Gasteiger partial charge in [0, 0.05) is 6.54 Å². The Morgan fingerprint density at radius 3 is 3.08 bits per heavy atom. The number of anilines is 1. The molecule has 1 unspecified atom stereocenters. The molecule has 13 heavy (non-hydrogen) atoms. The van der Waals surface area contributed by atoms with E-state index in [0.29, 0.717) is 12.3 Å². The molecule has 0 aliphatic carbocycles. The molecule has 2 heterocycles. The van der Waals surface area contributed by atoms with Gasteiger partial charge < -0.3 is 15.8 Å². The maximum absolute atomic E-state index is 5.54. The van der Waals surface area contributed by atoms with Gasteiger partial charge in [-0.25, -0.2) is 0 Å². The topological polar surface area (TPSA) is 60.2 Å². The molecular formula is C9H13N3O. The fourth-order valence-corrected chi connectivity index (χ4v) is 1.38. The van der Waals surface area contributed by atoms with Gasteiger partial charge in [0.15, 0.2) is 0 Å². The number of nitrogens with one attached hydrogen (secondary N) is 1. The summed E-state index contributed by atoms with van der Waals surface area (Å²) in [6.45, 7) is 2.36. The second-order valence-corrected chi connectivity index (χ2v) is 3.10. The Balaban J connectivity index is 2.10. The number of nitrogens with two attached hydrogens (primary N) is 1. The van der Waals surface area contributed by atoms with Gasteiger partial charge in [0.25, 0.3) is 0 Å². The summed E-state index contributed by atoms with van der Waals surface area (Å²) in [6, 6.07) is 4.01. The zero-order chi connectivity index (χ0) is 9.10. The number of aromatic nitrogens is 1. The monoisotopic (exact) mass is 179 g/mol. The van der Waals surface area contributed by atoms with Crippen LogP contribution in [-0.2, 0) is 4.74 Å². The summed E-state index contributed by atoms with van der Waals surface area (Å²) in [4.78, 5) is 4.23. The third-order valence-electron chi connectivity index (χ3n) is 2.09. The Hall–Kier alpha value is -1.13. The van der Waals surface area contributed by atoms with E-state index in [1.165, 1.54) is 0 Å². The molecule has 0 amide bonds. The van der Waals surface area contributed by atoms with Crippen molar-refractivity contribution in [2.24, 2.45) is 0 Å². The minimum Gasteiger partial charge on any atom is -0.397 e. The molecule has 3 N–H and O–H groups in total. The van der Waals surface area contributed by atoms with E-state index in [1.54, 1.807) is 6.20 Å². The maximum atomic E-state index is 5.54. The van der Waals surface area contributed by atoms with Crippen molar-refractivity contribution < 1.29 is 4.74 Å². The molecular weight excluding hydrogens is 166 g/mol. The van der Waals surface area contributed by atoms with Crippen LogP contribution >= 0.6 is 0 Å². The first-order chi connectivity index (χ1) is 6.36. The number of morpholine rings is 1. The predicted molar refractivity (Wildman–Crippen MR) is 50.2 cm³/mol. The van der Waals surface area contributed by atoms with E-state index in [0.717, 1.165) is 18.8 Å². The average molecular weight is 179 g/mol. The van der Waals surface area contributed by atoms with Crippen molar-refractivity contribution in [3.8, 4) is 0 Å². The molecule has 0 bridgehead atoms. The molecule has 1 aliphatic rings. The van der Waals surface area contributed by atoms with E-state index in [9.17, 15) is 0 Å². The van der Waals surface area contributed by atoms with Gasteiger partial charge in [0.05, 0.1) is 36.8 Å². The number of ether oxygens (including phenoxy) is 1. The van der Waals surface area contributed by atoms with E-state index < -0.39 is 0 Å². The zero-order valence-corrected chi connectivity index (χ0v) is 7.36. The van der Waals surface area contributed by atoms with Gasteiger partial charge in [-0.05, 0) is 12.1 Å². The molecule has 0 aromatic carbocycles. The highest BCUT2D eigenvalue weighted by Crippen LogP contribution is 2.13. The molecule has 1 aromatic heterocycles. The lowest BCUT2D eigenvalue weighted by Crippen LogP contribution is -2.35. The van der Waals surface area contributed by atoms with E-state index in [1.807, 2.05) is 12.1 Å². The van der Waals surface area contributed by atoms with Crippen molar-refractivity contribution in [2.45, 2.75) is 6.04 Å². The minimum absolute atomic E-state index is 0.217. The lowest BCUT2D eigenvalue weighted by atomic mass is 10.2. The first-order valence-corrected chi connectivity index (χ1v) is 4.39. The van der Waals surface area contributed by atoms with Crippen molar-refractivity contribution in [2.75, 3.05) is 25.5 Å². The normalized spacial score (nSPS) is 22.9. The van der Waals surface area contributed by atoms with Crippen molar-refractivity contribution in [1.29, 1.82) is 0 Å². The summed E-state index contributed by atoms with van der Waals surface area (Å²) in [5, 5.41) is 3.33. The SMILES string of the molecule is Nc1ccc(C2COCCN2)nc1. The van der Waals surface area contributed by atoms with Crippen molar-refractivity contribution >= 4 is 5.69 Å². The second-order valence-electron chi connectivity index (χ2n) is 3.10. The standard InChI is InChI=1S/C9H13N3O/c10-7-1-2-8(12-5-7)9-6-13-4-3-11-9/h1-2,5,9,11H,3-4,6,10H2. The summed E-state index contributed by atoms with van der Waals surface area (Å²) < 4.78 is 5.33. The van der Waals surface area contributed by atoms with Crippen LogP contribution in [0.4, 0.5) is 5.69 Å². The number of rotatable bonds is 1. The Labute approximate surface area is 77.1 Å². The number of pyridine rings is 1.